The molecule has 0 radical (unpaired) electrons. The molecular formula is C35H42N2O7S. The summed E-state index contributed by atoms with van der Waals surface area (Å²) in [5.74, 6) is 0.801. The summed E-state index contributed by atoms with van der Waals surface area (Å²) in [5, 5.41) is 2.95. The maximum absolute atomic E-state index is 13.3. The number of anilines is 1. The third-order valence-corrected chi connectivity index (χ3v) is 9.85. The summed E-state index contributed by atoms with van der Waals surface area (Å²) in [5.41, 5.74) is 3.60. The molecule has 0 saturated carbocycles. The largest absolute Gasteiger partial charge is 0.491 e. The Hall–Kier alpha value is -3.70. The van der Waals surface area contributed by atoms with Gasteiger partial charge in [0.15, 0.2) is 9.84 Å². The van der Waals surface area contributed by atoms with Crippen LogP contribution in [0.1, 0.15) is 42.9 Å². The quantitative estimate of drug-likeness (QED) is 0.246. The Kier molecular flexibility index (Phi) is 11.3. The summed E-state index contributed by atoms with van der Waals surface area (Å²) in [7, 11) is -1.44. The van der Waals surface area contributed by atoms with E-state index in [0.29, 0.717) is 55.0 Å². The van der Waals surface area contributed by atoms with Crippen molar-refractivity contribution in [1.82, 2.24) is 4.90 Å². The molecule has 0 bridgehead atoms. The number of carbonyl (C=O) groups is 1. The summed E-state index contributed by atoms with van der Waals surface area (Å²) in [4.78, 5) is 15.8. The van der Waals surface area contributed by atoms with Gasteiger partial charge in [-0.2, -0.15) is 0 Å². The fraction of sp³-hybridized carbons (Fsp3) is 0.400. The molecule has 10 heteroatoms. The average molecular weight is 635 g/mol. The number of nitrogens with zero attached hydrogens (tertiary/aromatic N) is 1. The van der Waals surface area contributed by atoms with Gasteiger partial charge in [-0.3, -0.25) is 9.69 Å². The van der Waals surface area contributed by atoms with E-state index in [4.69, 9.17) is 18.9 Å². The lowest BCUT2D eigenvalue weighted by atomic mass is 10.1. The summed E-state index contributed by atoms with van der Waals surface area (Å²) in [6.07, 6.45) is 3.84. The predicted molar refractivity (Wildman–Crippen MR) is 174 cm³/mol. The molecule has 0 atom stereocenters. The van der Waals surface area contributed by atoms with Crippen molar-refractivity contribution in [3.63, 3.8) is 0 Å². The summed E-state index contributed by atoms with van der Waals surface area (Å²) >= 11 is 0. The van der Waals surface area contributed by atoms with Crippen LogP contribution in [0.3, 0.4) is 0 Å². The van der Waals surface area contributed by atoms with Crippen LogP contribution in [0.2, 0.25) is 0 Å². The average Bonchev–Trinajstić information content (AvgIpc) is 3.19. The first-order chi connectivity index (χ1) is 21.8. The lowest BCUT2D eigenvalue weighted by Crippen LogP contribution is -2.36. The monoisotopic (exact) mass is 634 g/mol. The van der Waals surface area contributed by atoms with Gasteiger partial charge in [-0.25, -0.2) is 8.42 Å². The van der Waals surface area contributed by atoms with E-state index in [2.05, 4.69) is 17.3 Å². The first-order valence-corrected chi connectivity index (χ1v) is 17.1. The second-order valence-electron chi connectivity index (χ2n) is 11.3. The molecule has 0 unspecified atom stereocenters. The third-order valence-electron chi connectivity index (χ3n) is 8.07. The Morgan fingerprint density at radius 3 is 2.38 bits per heavy atom. The van der Waals surface area contributed by atoms with Gasteiger partial charge in [-0.1, -0.05) is 24.3 Å². The fourth-order valence-corrected chi connectivity index (χ4v) is 6.93. The van der Waals surface area contributed by atoms with Crippen LogP contribution in [-0.4, -0.2) is 71.1 Å². The molecule has 3 aromatic rings. The van der Waals surface area contributed by atoms with Gasteiger partial charge in [-0.15, -0.1) is 0 Å². The second-order valence-corrected chi connectivity index (χ2v) is 13.4. The molecule has 45 heavy (non-hydrogen) atoms. The van der Waals surface area contributed by atoms with Gasteiger partial charge in [0, 0.05) is 43.7 Å². The maximum Gasteiger partial charge on any atom is 0.251 e. The van der Waals surface area contributed by atoms with E-state index in [1.807, 2.05) is 55.5 Å². The zero-order valence-electron chi connectivity index (χ0n) is 26.0. The van der Waals surface area contributed by atoms with E-state index in [1.54, 1.807) is 24.3 Å². The van der Waals surface area contributed by atoms with Crippen LogP contribution in [0.4, 0.5) is 5.69 Å². The highest BCUT2D eigenvalue weighted by molar-refractivity contribution is 7.91. The van der Waals surface area contributed by atoms with E-state index < -0.39 is 9.84 Å². The Balaban J connectivity index is 1.21. The van der Waals surface area contributed by atoms with Gasteiger partial charge in [0.2, 0.25) is 0 Å². The molecule has 1 saturated heterocycles. The number of fused-ring (bicyclic) bond motifs is 1. The number of hydrogen-bond donors (Lipinski definition) is 1. The zero-order valence-corrected chi connectivity index (χ0v) is 26.8. The number of amides is 1. The molecule has 2 aliphatic rings. The van der Waals surface area contributed by atoms with Crippen LogP contribution >= 0.6 is 0 Å². The normalized spacial score (nSPS) is 16.4. The summed E-state index contributed by atoms with van der Waals surface area (Å²) < 4.78 is 48.5. The number of carbonyl (C=O) groups excluding carboxylic acids is 1. The predicted octanol–water partition coefficient (Wildman–Crippen LogP) is 5.49. The smallest absolute Gasteiger partial charge is 0.251 e. The molecule has 9 nitrogen and oxygen atoms in total. The number of nitrogens with one attached hydrogen (secondary N) is 1. The Morgan fingerprint density at radius 2 is 1.64 bits per heavy atom. The van der Waals surface area contributed by atoms with Crippen molar-refractivity contribution >= 4 is 27.5 Å². The molecule has 5 rings (SSSR count). The van der Waals surface area contributed by atoms with Gasteiger partial charge < -0.3 is 24.3 Å². The van der Waals surface area contributed by atoms with Crippen molar-refractivity contribution in [3.8, 4) is 11.5 Å². The van der Waals surface area contributed by atoms with Crippen molar-refractivity contribution < 1.29 is 32.2 Å². The van der Waals surface area contributed by atoms with Crippen LogP contribution in [0.5, 0.6) is 11.5 Å². The number of hydrogen-bond acceptors (Lipinski definition) is 8. The van der Waals surface area contributed by atoms with Crippen LogP contribution < -0.4 is 14.8 Å². The molecule has 1 N–H and O–H groups in total. The van der Waals surface area contributed by atoms with Crippen molar-refractivity contribution in [3.05, 3.63) is 89.0 Å². The third kappa shape index (κ3) is 9.17. The Morgan fingerprint density at radius 1 is 0.933 bits per heavy atom. The number of rotatable bonds is 13. The van der Waals surface area contributed by atoms with Crippen LogP contribution in [0.25, 0.3) is 6.08 Å². The molecule has 0 spiro atoms. The van der Waals surface area contributed by atoms with Crippen LogP contribution in [-0.2, 0) is 37.3 Å². The van der Waals surface area contributed by atoms with Gasteiger partial charge in [-0.05, 0) is 98.5 Å². The first-order valence-electron chi connectivity index (χ1n) is 15.5. The maximum atomic E-state index is 13.3. The molecule has 2 heterocycles. The topological polar surface area (TPSA) is 103 Å². The van der Waals surface area contributed by atoms with E-state index in [1.165, 1.54) is 0 Å². The minimum Gasteiger partial charge on any atom is -0.491 e. The van der Waals surface area contributed by atoms with Gasteiger partial charge in [0.1, 0.15) is 24.7 Å². The molecule has 3 aromatic carbocycles. The van der Waals surface area contributed by atoms with Crippen molar-refractivity contribution in [2.24, 2.45) is 0 Å². The number of benzene rings is 3. The van der Waals surface area contributed by atoms with Gasteiger partial charge in [0.25, 0.3) is 5.91 Å². The van der Waals surface area contributed by atoms with Crippen molar-refractivity contribution in [2.45, 2.75) is 50.3 Å². The molecule has 1 fully saturated rings. The van der Waals surface area contributed by atoms with E-state index >= 15 is 0 Å². The molecule has 0 aromatic heterocycles. The minimum absolute atomic E-state index is 0.117. The molecule has 240 valence electrons. The highest BCUT2D eigenvalue weighted by atomic mass is 32.2. The van der Waals surface area contributed by atoms with Gasteiger partial charge >= 0.3 is 0 Å². The standard InChI is InChI=1S/C35H42N2O7S/c1-3-41-19-20-43-32-10-6-27(7-11-32)25-44-33-12-13-34-29(23-33)22-28(16-21-45(34,39)40)35(38)36-30-8-4-26(5-9-30)24-37(2)31-14-17-42-18-15-31/h4-13,22-23,31H,3,14-21,24-25H2,1-2H3,(H,36,38). The number of sulfone groups is 1. The first kappa shape index (κ1) is 32.7. The molecular weight excluding hydrogens is 592 g/mol. The Labute approximate surface area is 266 Å². The highest BCUT2D eigenvalue weighted by Gasteiger charge is 2.25. The van der Waals surface area contributed by atoms with Crippen molar-refractivity contribution in [2.75, 3.05) is 51.2 Å². The van der Waals surface area contributed by atoms with E-state index in [-0.39, 0.29) is 23.0 Å². The lowest BCUT2D eigenvalue weighted by molar-refractivity contribution is -0.112. The SMILES string of the molecule is CCOCCOc1ccc(COc2ccc3c(c2)C=C(C(=O)Nc2ccc(CN(C)C4CCOCC4)cc2)CCS3(=O)=O)cc1. The second kappa shape index (κ2) is 15.5. The van der Waals surface area contributed by atoms with Crippen LogP contribution in [0.15, 0.2) is 77.2 Å². The Bertz CT molecular complexity index is 1560. The van der Waals surface area contributed by atoms with E-state index in [9.17, 15) is 13.2 Å². The van der Waals surface area contributed by atoms with Gasteiger partial charge in [0.05, 0.1) is 17.3 Å². The lowest BCUT2D eigenvalue weighted by Gasteiger charge is -2.31. The molecule has 0 aliphatic carbocycles. The minimum atomic E-state index is -3.57. The van der Waals surface area contributed by atoms with E-state index in [0.717, 1.165) is 49.5 Å². The summed E-state index contributed by atoms with van der Waals surface area (Å²) in [6.45, 7) is 6.34. The summed E-state index contributed by atoms with van der Waals surface area (Å²) in [6, 6.07) is 20.8. The van der Waals surface area contributed by atoms with Crippen LogP contribution in [0, 0.1) is 0 Å². The fourth-order valence-electron chi connectivity index (χ4n) is 5.46. The number of ether oxygens (including phenoxy) is 4. The zero-order chi connectivity index (χ0) is 31.6. The van der Waals surface area contributed by atoms with Crippen molar-refractivity contribution in [1.29, 1.82) is 0 Å². The highest BCUT2D eigenvalue weighted by Crippen LogP contribution is 2.30. The molecule has 1 amide bonds. The molecule has 2 aliphatic heterocycles.